The van der Waals surface area contributed by atoms with Gasteiger partial charge < -0.3 is 14.6 Å². The highest BCUT2D eigenvalue weighted by Crippen LogP contribution is 2.29. The number of allylic oxidation sites excluding steroid dienone is 1. The molecule has 1 amide bonds. The largest absolute Gasteiger partial charge is 0.495 e. The smallest absolute Gasteiger partial charge is 0.242 e. The molecule has 0 saturated heterocycles. The average molecular weight is 426 g/mol. The van der Waals surface area contributed by atoms with E-state index in [-0.39, 0.29) is 22.2 Å². The number of sulfonamides is 1. The van der Waals surface area contributed by atoms with Gasteiger partial charge in [-0.05, 0) is 25.1 Å². The van der Waals surface area contributed by atoms with E-state index in [4.69, 9.17) is 4.74 Å². The Hall–Kier alpha value is -2.37. The van der Waals surface area contributed by atoms with Crippen LogP contribution in [-0.4, -0.2) is 60.4 Å². The first-order valence-electron chi connectivity index (χ1n) is 8.24. The molecular weight excluding hydrogens is 402 g/mol. The van der Waals surface area contributed by atoms with Crippen molar-refractivity contribution in [2.75, 3.05) is 32.3 Å². The van der Waals surface area contributed by atoms with Gasteiger partial charge >= 0.3 is 0 Å². The number of hydrogen-bond donors (Lipinski definition) is 1. The van der Waals surface area contributed by atoms with Crippen molar-refractivity contribution < 1.29 is 17.9 Å². The lowest BCUT2D eigenvalue weighted by Gasteiger charge is -2.15. The number of amides is 1. The summed E-state index contributed by atoms with van der Waals surface area (Å²) in [5, 5.41) is 11.3. The van der Waals surface area contributed by atoms with Gasteiger partial charge in [-0.25, -0.2) is 12.7 Å². The van der Waals surface area contributed by atoms with Gasteiger partial charge in [0.05, 0.1) is 23.4 Å². The molecule has 0 radical (unpaired) electrons. The third kappa shape index (κ3) is 4.91. The Bertz CT molecular complexity index is 970. The van der Waals surface area contributed by atoms with Gasteiger partial charge in [-0.15, -0.1) is 16.8 Å². The predicted octanol–water partition coefficient (Wildman–Crippen LogP) is 1.76. The fourth-order valence-electron chi connectivity index (χ4n) is 2.28. The van der Waals surface area contributed by atoms with E-state index in [0.717, 1.165) is 10.1 Å². The van der Waals surface area contributed by atoms with Crippen molar-refractivity contribution >= 4 is 33.4 Å². The zero-order valence-electron chi connectivity index (χ0n) is 16.2. The van der Waals surface area contributed by atoms with Crippen LogP contribution in [0.25, 0.3) is 0 Å². The molecule has 2 aromatic rings. The average Bonchev–Trinajstić information content (AvgIpc) is 3.00. The summed E-state index contributed by atoms with van der Waals surface area (Å²) in [4.78, 5) is 12.5. The van der Waals surface area contributed by atoms with Gasteiger partial charge in [-0.3, -0.25) is 4.79 Å². The first-order valence-corrected chi connectivity index (χ1v) is 10.7. The molecule has 1 aromatic heterocycles. The second-order valence-electron chi connectivity index (χ2n) is 5.92. The molecule has 0 aliphatic rings. The summed E-state index contributed by atoms with van der Waals surface area (Å²) in [6.45, 7) is 6.06. The number of hydrogen-bond acceptors (Lipinski definition) is 7. The van der Waals surface area contributed by atoms with Crippen molar-refractivity contribution in [3.05, 3.63) is 36.7 Å². The zero-order valence-corrected chi connectivity index (χ0v) is 17.8. The highest BCUT2D eigenvalue weighted by Gasteiger charge is 2.20. The maximum absolute atomic E-state index is 12.4. The fourth-order valence-corrected chi connectivity index (χ4v) is 4.00. The normalized spacial score (nSPS) is 11.5. The van der Waals surface area contributed by atoms with Crippen molar-refractivity contribution in [1.29, 1.82) is 0 Å². The number of ether oxygens (including phenoxy) is 1. The van der Waals surface area contributed by atoms with Crippen LogP contribution >= 0.6 is 11.8 Å². The van der Waals surface area contributed by atoms with Crippen LogP contribution in [0.1, 0.15) is 5.82 Å². The van der Waals surface area contributed by atoms with E-state index in [1.54, 1.807) is 6.08 Å². The number of thioether (sulfide) groups is 1. The molecule has 0 fully saturated rings. The summed E-state index contributed by atoms with van der Waals surface area (Å²) in [6, 6.07) is 4.31. The standard InChI is InChI=1S/C17H23N5O4S2/c1-6-9-22-12(2)19-20-17(22)27-11-16(23)18-14-10-13(7-8-15(14)26-5)28(24,25)21(3)4/h6-8,10H,1,9,11H2,2-5H3,(H,18,23). The molecule has 11 heteroatoms. The zero-order chi connectivity index (χ0) is 20.9. The van der Waals surface area contributed by atoms with Crippen LogP contribution < -0.4 is 10.1 Å². The Morgan fingerprint density at radius 3 is 2.71 bits per heavy atom. The van der Waals surface area contributed by atoms with Gasteiger partial charge in [-0.2, -0.15) is 0 Å². The molecule has 0 aliphatic heterocycles. The van der Waals surface area contributed by atoms with Crippen molar-refractivity contribution in [3.8, 4) is 5.75 Å². The summed E-state index contributed by atoms with van der Waals surface area (Å²) < 4.78 is 32.8. The minimum atomic E-state index is -3.63. The van der Waals surface area contributed by atoms with Crippen molar-refractivity contribution in [3.63, 3.8) is 0 Å². The second-order valence-corrected chi connectivity index (χ2v) is 9.01. The number of carbonyl (C=O) groups excluding carboxylic acids is 1. The van der Waals surface area contributed by atoms with Crippen LogP contribution in [0.5, 0.6) is 5.75 Å². The number of anilines is 1. The number of nitrogens with one attached hydrogen (secondary N) is 1. The molecule has 28 heavy (non-hydrogen) atoms. The van der Waals surface area contributed by atoms with E-state index in [2.05, 4.69) is 22.1 Å². The lowest BCUT2D eigenvalue weighted by atomic mass is 10.3. The number of nitrogens with zero attached hydrogens (tertiary/aromatic N) is 4. The van der Waals surface area contributed by atoms with E-state index < -0.39 is 10.0 Å². The van der Waals surface area contributed by atoms with E-state index in [1.165, 1.54) is 51.2 Å². The number of carbonyl (C=O) groups is 1. The van der Waals surface area contributed by atoms with Crippen molar-refractivity contribution in [2.24, 2.45) is 0 Å². The fraction of sp³-hybridized carbons (Fsp3) is 0.353. The minimum Gasteiger partial charge on any atom is -0.495 e. The Labute approximate surface area is 168 Å². The van der Waals surface area contributed by atoms with Gasteiger partial charge in [0, 0.05) is 20.6 Å². The highest BCUT2D eigenvalue weighted by molar-refractivity contribution is 7.99. The summed E-state index contributed by atoms with van der Waals surface area (Å²) in [6.07, 6.45) is 1.72. The molecular formula is C17H23N5O4S2. The first kappa shape index (κ1) is 21.9. The quantitative estimate of drug-likeness (QED) is 0.482. The van der Waals surface area contributed by atoms with Gasteiger partial charge in [0.2, 0.25) is 15.9 Å². The Morgan fingerprint density at radius 1 is 1.39 bits per heavy atom. The Kier molecular flexibility index (Phi) is 7.22. The van der Waals surface area contributed by atoms with Gasteiger partial charge in [0.1, 0.15) is 11.6 Å². The van der Waals surface area contributed by atoms with Gasteiger partial charge in [-0.1, -0.05) is 17.8 Å². The topological polar surface area (TPSA) is 106 Å². The van der Waals surface area contributed by atoms with Crippen LogP contribution in [0.15, 0.2) is 40.9 Å². The van der Waals surface area contributed by atoms with E-state index >= 15 is 0 Å². The number of benzene rings is 1. The minimum absolute atomic E-state index is 0.0580. The van der Waals surface area contributed by atoms with Crippen LogP contribution in [0.2, 0.25) is 0 Å². The molecule has 0 bridgehead atoms. The Morgan fingerprint density at radius 2 is 2.11 bits per heavy atom. The van der Waals surface area contributed by atoms with E-state index in [1.807, 2.05) is 11.5 Å². The van der Waals surface area contributed by atoms with Crippen LogP contribution in [0.4, 0.5) is 5.69 Å². The lowest BCUT2D eigenvalue weighted by molar-refractivity contribution is -0.113. The predicted molar refractivity (Wildman–Crippen MR) is 108 cm³/mol. The molecule has 152 valence electrons. The van der Waals surface area contributed by atoms with Crippen LogP contribution in [0, 0.1) is 6.92 Å². The molecule has 0 spiro atoms. The highest BCUT2D eigenvalue weighted by atomic mass is 32.2. The molecule has 1 N–H and O–H groups in total. The summed E-state index contributed by atoms with van der Waals surface area (Å²) in [7, 11) is 0.691. The summed E-state index contributed by atoms with van der Waals surface area (Å²) in [5.74, 6) is 0.838. The number of aryl methyl sites for hydroxylation is 1. The molecule has 1 aromatic carbocycles. The lowest BCUT2D eigenvalue weighted by Crippen LogP contribution is -2.22. The third-order valence-corrected chi connectivity index (χ3v) is 6.55. The van der Waals surface area contributed by atoms with Crippen LogP contribution in [-0.2, 0) is 21.4 Å². The monoisotopic (exact) mass is 425 g/mol. The van der Waals surface area contributed by atoms with Crippen LogP contribution in [0.3, 0.4) is 0 Å². The SMILES string of the molecule is C=CCn1c(C)nnc1SCC(=O)Nc1cc(S(=O)(=O)N(C)C)ccc1OC. The molecule has 0 aliphatic carbocycles. The molecule has 1 heterocycles. The van der Waals surface area contributed by atoms with Gasteiger partial charge in [0.15, 0.2) is 5.16 Å². The number of aromatic nitrogens is 3. The Balaban J connectivity index is 2.16. The molecule has 9 nitrogen and oxygen atoms in total. The summed E-state index contributed by atoms with van der Waals surface area (Å²) >= 11 is 1.23. The van der Waals surface area contributed by atoms with Gasteiger partial charge in [0.25, 0.3) is 0 Å². The molecule has 0 atom stereocenters. The molecule has 0 saturated carbocycles. The second kappa shape index (κ2) is 9.22. The third-order valence-electron chi connectivity index (χ3n) is 3.77. The number of methoxy groups -OCH3 is 1. The number of rotatable bonds is 9. The maximum Gasteiger partial charge on any atom is 0.242 e. The van der Waals surface area contributed by atoms with Crippen molar-refractivity contribution in [2.45, 2.75) is 23.5 Å². The maximum atomic E-state index is 12.4. The molecule has 2 rings (SSSR count). The van der Waals surface area contributed by atoms with E-state index in [9.17, 15) is 13.2 Å². The molecule has 0 unspecified atom stereocenters. The van der Waals surface area contributed by atoms with E-state index in [0.29, 0.717) is 17.5 Å². The first-order chi connectivity index (χ1) is 13.2. The summed E-state index contributed by atoms with van der Waals surface area (Å²) in [5.41, 5.74) is 0.278. The van der Waals surface area contributed by atoms with Crippen molar-refractivity contribution in [1.82, 2.24) is 19.1 Å².